The lowest BCUT2D eigenvalue weighted by Gasteiger charge is -2.12. The Morgan fingerprint density at radius 3 is 2.68 bits per heavy atom. The number of hydrogen-bond donors (Lipinski definition) is 1. The van der Waals surface area contributed by atoms with Crippen molar-refractivity contribution in [3.63, 3.8) is 0 Å². The van der Waals surface area contributed by atoms with Gasteiger partial charge in [0.05, 0.1) is 7.11 Å². The van der Waals surface area contributed by atoms with Crippen molar-refractivity contribution in [3.8, 4) is 5.75 Å². The van der Waals surface area contributed by atoms with Gasteiger partial charge in [-0.2, -0.15) is 0 Å². The Balaban J connectivity index is 2.18. The van der Waals surface area contributed by atoms with E-state index in [1.807, 2.05) is 44.2 Å². The van der Waals surface area contributed by atoms with Crippen LogP contribution in [0.5, 0.6) is 5.75 Å². The molecule has 2 aromatic rings. The molecule has 0 radical (unpaired) electrons. The maximum absolute atomic E-state index is 10.2. The molecule has 102 valence electrons. The summed E-state index contributed by atoms with van der Waals surface area (Å²) in [4.78, 5) is 0. The fraction of sp³-hybridized carbons (Fsp3) is 0.375. The van der Waals surface area contributed by atoms with Crippen molar-refractivity contribution in [3.05, 3.63) is 53.0 Å². The molecule has 1 unspecified atom stereocenters. The van der Waals surface area contributed by atoms with Crippen molar-refractivity contribution >= 4 is 0 Å². The first-order valence-corrected chi connectivity index (χ1v) is 6.54. The van der Waals surface area contributed by atoms with Crippen molar-refractivity contribution in [2.75, 3.05) is 7.11 Å². The summed E-state index contributed by atoms with van der Waals surface area (Å²) in [6.07, 6.45) is 0.679. The minimum Gasteiger partial charge on any atom is -0.496 e. The first-order valence-electron chi connectivity index (χ1n) is 6.54. The van der Waals surface area contributed by atoms with Crippen LogP contribution in [-0.4, -0.2) is 12.2 Å². The van der Waals surface area contributed by atoms with Gasteiger partial charge in [-0.1, -0.05) is 24.6 Å². The highest BCUT2D eigenvalue weighted by Gasteiger charge is 2.15. The van der Waals surface area contributed by atoms with Crippen LogP contribution in [0.3, 0.4) is 0 Å². The summed E-state index contributed by atoms with van der Waals surface area (Å²) in [5.41, 5.74) is 2.14. The molecule has 2 rings (SSSR count). The van der Waals surface area contributed by atoms with Crippen LogP contribution in [0.25, 0.3) is 0 Å². The Bertz CT molecular complexity index is 543. The van der Waals surface area contributed by atoms with Crippen LogP contribution in [-0.2, 0) is 12.8 Å². The zero-order chi connectivity index (χ0) is 13.8. The quantitative estimate of drug-likeness (QED) is 0.895. The molecular formula is C16H20O3. The van der Waals surface area contributed by atoms with Gasteiger partial charge in [0.2, 0.25) is 0 Å². The number of aryl methyl sites for hydroxylation is 2. The van der Waals surface area contributed by atoms with Crippen molar-refractivity contribution in [1.29, 1.82) is 0 Å². The summed E-state index contributed by atoms with van der Waals surface area (Å²) < 4.78 is 10.9. The molecule has 1 heterocycles. The van der Waals surface area contributed by atoms with Crippen molar-refractivity contribution in [2.24, 2.45) is 0 Å². The molecule has 0 aliphatic heterocycles. The third kappa shape index (κ3) is 3.18. The van der Waals surface area contributed by atoms with E-state index in [-0.39, 0.29) is 0 Å². The van der Waals surface area contributed by atoms with Crippen molar-refractivity contribution in [1.82, 2.24) is 0 Å². The van der Waals surface area contributed by atoms with E-state index in [4.69, 9.17) is 9.15 Å². The van der Waals surface area contributed by atoms with E-state index in [1.54, 1.807) is 7.11 Å². The van der Waals surface area contributed by atoms with Crippen LogP contribution >= 0.6 is 0 Å². The second-order valence-corrected chi connectivity index (χ2v) is 4.69. The van der Waals surface area contributed by atoms with Gasteiger partial charge in [0, 0.05) is 12.8 Å². The summed E-state index contributed by atoms with van der Waals surface area (Å²) in [7, 11) is 1.64. The topological polar surface area (TPSA) is 42.6 Å². The van der Waals surface area contributed by atoms with Crippen LogP contribution in [0, 0.1) is 6.92 Å². The van der Waals surface area contributed by atoms with Gasteiger partial charge in [0.1, 0.15) is 23.4 Å². The summed E-state index contributed by atoms with van der Waals surface area (Å²) in [6, 6.07) is 9.71. The van der Waals surface area contributed by atoms with Gasteiger partial charge >= 0.3 is 0 Å². The highest BCUT2D eigenvalue weighted by Crippen LogP contribution is 2.27. The Labute approximate surface area is 113 Å². The zero-order valence-electron chi connectivity index (χ0n) is 11.6. The minimum absolute atomic E-state index is 0.488. The van der Waals surface area contributed by atoms with E-state index in [0.29, 0.717) is 12.2 Å². The number of benzene rings is 1. The molecule has 1 N–H and O–H groups in total. The molecule has 0 fully saturated rings. The smallest absolute Gasteiger partial charge is 0.133 e. The minimum atomic E-state index is -0.643. The SMILES string of the molecule is CCc1ccc(C(O)Cc2cc(C)ccc2OC)o1. The Hall–Kier alpha value is -1.74. The number of aliphatic hydroxyl groups is 1. The van der Waals surface area contributed by atoms with Crippen LogP contribution in [0.4, 0.5) is 0 Å². The molecule has 19 heavy (non-hydrogen) atoms. The van der Waals surface area contributed by atoms with Crippen LogP contribution in [0.1, 0.15) is 35.7 Å². The first kappa shape index (κ1) is 13.7. The molecule has 0 spiro atoms. The van der Waals surface area contributed by atoms with Gasteiger partial charge < -0.3 is 14.3 Å². The summed E-state index contributed by atoms with van der Waals surface area (Å²) >= 11 is 0. The highest BCUT2D eigenvalue weighted by atomic mass is 16.5. The molecule has 0 bridgehead atoms. The Morgan fingerprint density at radius 2 is 2.05 bits per heavy atom. The highest BCUT2D eigenvalue weighted by molar-refractivity contribution is 5.37. The molecule has 0 saturated carbocycles. The van der Waals surface area contributed by atoms with E-state index in [9.17, 15) is 5.11 Å². The standard InChI is InChI=1S/C16H20O3/c1-4-13-6-8-16(19-13)14(17)10-12-9-11(2)5-7-15(12)18-3/h5-9,14,17H,4,10H2,1-3H3. The Morgan fingerprint density at radius 1 is 1.26 bits per heavy atom. The van der Waals surface area contributed by atoms with Crippen LogP contribution in [0.2, 0.25) is 0 Å². The average Bonchev–Trinajstić information content (AvgIpc) is 2.88. The molecule has 0 aliphatic carbocycles. The lowest BCUT2D eigenvalue weighted by atomic mass is 10.0. The number of hydrogen-bond acceptors (Lipinski definition) is 3. The van der Waals surface area contributed by atoms with Gasteiger partial charge in [-0.05, 0) is 30.7 Å². The molecule has 0 saturated heterocycles. The van der Waals surface area contributed by atoms with Crippen molar-refractivity contribution in [2.45, 2.75) is 32.8 Å². The molecular weight excluding hydrogens is 240 g/mol. The van der Waals surface area contributed by atoms with Gasteiger partial charge in [-0.25, -0.2) is 0 Å². The predicted octanol–water partition coefficient (Wildman–Crippen LogP) is 3.44. The number of methoxy groups -OCH3 is 1. The van der Waals surface area contributed by atoms with Crippen LogP contribution < -0.4 is 4.74 Å². The monoisotopic (exact) mass is 260 g/mol. The number of ether oxygens (including phenoxy) is 1. The number of rotatable bonds is 5. The fourth-order valence-corrected chi connectivity index (χ4v) is 2.14. The van der Waals surface area contributed by atoms with Gasteiger partial charge in [-0.3, -0.25) is 0 Å². The molecule has 3 heteroatoms. The fourth-order valence-electron chi connectivity index (χ4n) is 2.14. The lowest BCUT2D eigenvalue weighted by molar-refractivity contribution is 0.147. The zero-order valence-corrected chi connectivity index (χ0v) is 11.6. The van der Waals surface area contributed by atoms with Gasteiger partial charge in [0.25, 0.3) is 0 Å². The van der Waals surface area contributed by atoms with E-state index in [1.165, 1.54) is 0 Å². The number of aliphatic hydroxyl groups excluding tert-OH is 1. The predicted molar refractivity (Wildman–Crippen MR) is 74.5 cm³/mol. The first-order chi connectivity index (χ1) is 9.13. The summed E-state index contributed by atoms with van der Waals surface area (Å²) in [5, 5.41) is 10.2. The maximum Gasteiger partial charge on any atom is 0.133 e. The third-order valence-electron chi connectivity index (χ3n) is 3.21. The van der Waals surface area contributed by atoms with Crippen molar-refractivity contribution < 1.29 is 14.3 Å². The van der Waals surface area contributed by atoms with E-state index >= 15 is 0 Å². The average molecular weight is 260 g/mol. The summed E-state index contributed by atoms with van der Waals surface area (Å²) in [6.45, 7) is 4.05. The molecule has 1 atom stereocenters. The van der Waals surface area contributed by atoms with Crippen LogP contribution in [0.15, 0.2) is 34.7 Å². The van der Waals surface area contributed by atoms with Gasteiger partial charge in [-0.15, -0.1) is 0 Å². The lowest BCUT2D eigenvalue weighted by Crippen LogP contribution is -2.02. The van der Waals surface area contributed by atoms with Gasteiger partial charge in [0.15, 0.2) is 0 Å². The second kappa shape index (κ2) is 5.93. The number of furan rings is 1. The third-order valence-corrected chi connectivity index (χ3v) is 3.21. The molecule has 0 aliphatic rings. The Kier molecular flexibility index (Phi) is 4.27. The van der Waals surface area contributed by atoms with E-state index < -0.39 is 6.10 Å². The summed E-state index contributed by atoms with van der Waals surface area (Å²) in [5.74, 6) is 2.30. The molecule has 1 aromatic heterocycles. The normalized spacial score (nSPS) is 12.4. The van der Waals surface area contributed by atoms with E-state index in [0.717, 1.165) is 29.1 Å². The maximum atomic E-state index is 10.2. The van der Waals surface area contributed by atoms with E-state index in [2.05, 4.69) is 0 Å². The second-order valence-electron chi connectivity index (χ2n) is 4.69. The molecule has 0 amide bonds. The largest absolute Gasteiger partial charge is 0.496 e. The molecule has 3 nitrogen and oxygen atoms in total. The molecule has 1 aromatic carbocycles.